The standard InChI is InChI=1S/C18H16ClF3N4/c1-9-12(5-4-6-15(9)18(20,21)22)10(2)24-17-13-7-16(19)23-8-14(13)11(3)25-26-17/h4-8,10H,1-3H3,(H,24,26). The number of pyridine rings is 1. The summed E-state index contributed by atoms with van der Waals surface area (Å²) in [4.78, 5) is 4.04. The van der Waals surface area contributed by atoms with Crippen LogP contribution >= 0.6 is 11.6 Å². The minimum Gasteiger partial charge on any atom is -0.362 e. The number of alkyl halides is 3. The van der Waals surface area contributed by atoms with Crippen LogP contribution in [0.2, 0.25) is 5.15 Å². The van der Waals surface area contributed by atoms with E-state index in [1.165, 1.54) is 13.0 Å². The number of aryl methyl sites for hydroxylation is 1. The molecule has 0 bridgehead atoms. The normalized spacial score (nSPS) is 13.0. The van der Waals surface area contributed by atoms with Gasteiger partial charge in [0.15, 0.2) is 5.82 Å². The lowest BCUT2D eigenvalue weighted by atomic mass is 9.97. The van der Waals surface area contributed by atoms with Gasteiger partial charge < -0.3 is 5.32 Å². The quantitative estimate of drug-likeness (QED) is 0.611. The van der Waals surface area contributed by atoms with E-state index in [-0.39, 0.29) is 5.56 Å². The number of rotatable bonds is 3. The topological polar surface area (TPSA) is 50.7 Å². The molecule has 1 N–H and O–H groups in total. The molecule has 0 aliphatic carbocycles. The highest BCUT2D eigenvalue weighted by molar-refractivity contribution is 6.30. The first-order valence-electron chi connectivity index (χ1n) is 7.90. The van der Waals surface area contributed by atoms with Crippen molar-refractivity contribution in [2.75, 3.05) is 5.32 Å². The Kier molecular flexibility index (Phi) is 4.75. The summed E-state index contributed by atoms with van der Waals surface area (Å²) in [5.74, 6) is 0.444. The molecule has 26 heavy (non-hydrogen) atoms. The van der Waals surface area contributed by atoms with Crippen LogP contribution in [-0.2, 0) is 6.18 Å². The molecule has 0 saturated heterocycles. The number of anilines is 1. The molecule has 8 heteroatoms. The molecule has 0 spiro atoms. The molecule has 0 saturated carbocycles. The predicted molar refractivity (Wildman–Crippen MR) is 95.3 cm³/mol. The average Bonchev–Trinajstić information content (AvgIpc) is 2.56. The third kappa shape index (κ3) is 3.44. The average molecular weight is 381 g/mol. The molecular weight excluding hydrogens is 365 g/mol. The van der Waals surface area contributed by atoms with Crippen LogP contribution in [0.4, 0.5) is 19.0 Å². The first kappa shape index (κ1) is 18.4. The van der Waals surface area contributed by atoms with Crippen LogP contribution in [0.25, 0.3) is 10.8 Å². The molecule has 2 heterocycles. The maximum absolute atomic E-state index is 13.2. The van der Waals surface area contributed by atoms with Gasteiger partial charge in [0.25, 0.3) is 0 Å². The third-order valence-corrected chi connectivity index (χ3v) is 4.52. The van der Waals surface area contributed by atoms with Gasteiger partial charge in [-0.3, -0.25) is 0 Å². The van der Waals surface area contributed by atoms with E-state index in [9.17, 15) is 13.2 Å². The van der Waals surface area contributed by atoms with Gasteiger partial charge >= 0.3 is 6.18 Å². The van der Waals surface area contributed by atoms with E-state index in [1.54, 1.807) is 32.2 Å². The Hall–Kier alpha value is -2.41. The monoisotopic (exact) mass is 380 g/mol. The van der Waals surface area contributed by atoms with Crippen molar-refractivity contribution in [2.24, 2.45) is 0 Å². The van der Waals surface area contributed by atoms with E-state index >= 15 is 0 Å². The lowest BCUT2D eigenvalue weighted by molar-refractivity contribution is -0.138. The molecule has 1 aromatic carbocycles. The number of nitrogens with zero attached hydrogens (tertiary/aromatic N) is 3. The van der Waals surface area contributed by atoms with Crippen LogP contribution in [0.5, 0.6) is 0 Å². The zero-order valence-electron chi connectivity index (χ0n) is 14.3. The number of hydrogen-bond donors (Lipinski definition) is 1. The molecular formula is C18H16ClF3N4. The Morgan fingerprint density at radius 3 is 2.54 bits per heavy atom. The van der Waals surface area contributed by atoms with E-state index < -0.39 is 17.8 Å². The van der Waals surface area contributed by atoms with Crippen LogP contribution in [-0.4, -0.2) is 15.2 Å². The van der Waals surface area contributed by atoms with Crippen molar-refractivity contribution < 1.29 is 13.2 Å². The number of hydrogen-bond acceptors (Lipinski definition) is 4. The molecule has 3 rings (SSSR count). The van der Waals surface area contributed by atoms with Crippen LogP contribution in [0.1, 0.15) is 35.3 Å². The summed E-state index contributed by atoms with van der Waals surface area (Å²) in [5.41, 5.74) is 0.771. The largest absolute Gasteiger partial charge is 0.416 e. The molecule has 136 valence electrons. The first-order chi connectivity index (χ1) is 12.2. The molecule has 4 nitrogen and oxygen atoms in total. The van der Waals surface area contributed by atoms with Crippen molar-refractivity contribution in [3.8, 4) is 0 Å². The summed E-state index contributed by atoms with van der Waals surface area (Å²) in [7, 11) is 0. The second-order valence-corrected chi connectivity index (χ2v) is 6.46. The SMILES string of the molecule is Cc1c(C(C)Nc2nnc(C)c3cnc(Cl)cc23)cccc1C(F)(F)F. The molecule has 0 aliphatic rings. The lowest BCUT2D eigenvalue weighted by Crippen LogP contribution is -2.14. The molecule has 0 fully saturated rings. The number of halogens is 4. The highest BCUT2D eigenvalue weighted by Gasteiger charge is 2.33. The molecule has 2 aromatic heterocycles. The van der Waals surface area contributed by atoms with Crippen molar-refractivity contribution in [3.63, 3.8) is 0 Å². The van der Waals surface area contributed by atoms with Crippen LogP contribution in [0, 0.1) is 13.8 Å². The molecule has 0 radical (unpaired) electrons. The van der Waals surface area contributed by atoms with E-state index in [0.717, 1.165) is 11.5 Å². The fourth-order valence-corrected chi connectivity index (χ4v) is 3.12. The Morgan fingerprint density at radius 1 is 1.12 bits per heavy atom. The maximum atomic E-state index is 13.2. The van der Waals surface area contributed by atoms with Crippen molar-refractivity contribution in [3.05, 3.63) is 58.0 Å². The van der Waals surface area contributed by atoms with Gasteiger partial charge in [-0.1, -0.05) is 23.7 Å². The minimum atomic E-state index is -4.39. The number of fused-ring (bicyclic) bond motifs is 1. The van der Waals surface area contributed by atoms with Gasteiger partial charge in [0.1, 0.15) is 5.15 Å². The molecule has 0 aliphatic heterocycles. The van der Waals surface area contributed by atoms with E-state index in [0.29, 0.717) is 27.6 Å². The highest BCUT2D eigenvalue weighted by Crippen LogP contribution is 2.35. The van der Waals surface area contributed by atoms with Gasteiger partial charge in [0, 0.05) is 17.0 Å². The smallest absolute Gasteiger partial charge is 0.362 e. The van der Waals surface area contributed by atoms with Crippen LogP contribution in [0.3, 0.4) is 0 Å². The highest BCUT2D eigenvalue weighted by atomic mass is 35.5. The lowest BCUT2D eigenvalue weighted by Gasteiger charge is -2.21. The second-order valence-electron chi connectivity index (χ2n) is 6.07. The zero-order valence-corrected chi connectivity index (χ0v) is 15.1. The molecule has 0 amide bonds. The summed E-state index contributed by atoms with van der Waals surface area (Å²) in [6.07, 6.45) is -2.79. The summed E-state index contributed by atoms with van der Waals surface area (Å²) in [6, 6.07) is 5.40. The Balaban J connectivity index is 2.02. The summed E-state index contributed by atoms with van der Waals surface area (Å²) in [5, 5.41) is 13.2. The minimum absolute atomic E-state index is 0.184. The van der Waals surface area contributed by atoms with Crippen molar-refractivity contribution in [2.45, 2.75) is 33.0 Å². The van der Waals surface area contributed by atoms with Crippen LogP contribution in [0.15, 0.2) is 30.5 Å². The van der Waals surface area contributed by atoms with Gasteiger partial charge in [0.2, 0.25) is 0 Å². The Labute approximate surface area is 153 Å². The maximum Gasteiger partial charge on any atom is 0.416 e. The van der Waals surface area contributed by atoms with Crippen LogP contribution < -0.4 is 5.32 Å². The Morgan fingerprint density at radius 2 is 1.85 bits per heavy atom. The Bertz CT molecular complexity index is 973. The fourth-order valence-electron chi connectivity index (χ4n) is 2.97. The van der Waals surface area contributed by atoms with E-state index in [2.05, 4.69) is 20.5 Å². The summed E-state index contributed by atoms with van der Waals surface area (Å²) >= 11 is 5.98. The summed E-state index contributed by atoms with van der Waals surface area (Å²) in [6.45, 7) is 5.05. The van der Waals surface area contributed by atoms with Crippen molar-refractivity contribution in [1.29, 1.82) is 0 Å². The van der Waals surface area contributed by atoms with Crippen molar-refractivity contribution in [1.82, 2.24) is 15.2 Å². The number of benzene rings is 1. The van der Waals surface area contributed by atoms with E-state index in [4.69, 9.17) is 11.6 Å². The molecule has 1 unspecified atom stereocenters. The number of aromatic nitrogens is 3. The zero-order chi connectivity index (χ0) is 19.1. The van der Waals surface area contributed by atoms with Gasteiger partial charge in [-0.25, -0.2) is 4.98 Å². The predicted octanol–water partition coefficient (Wildman–Crippen LogP) is 5.49. The van der Waals surface area contributed by atoms with Crippen molar-refractivity contribution >= 4 is 28.2 Å². The molecule has 3 aromatic rings. The van der Waals surface area contributed by atoms with Gasteiger partial charge in [-0.2, -0.15) is 18.3 Å². The third-order valence-electron chi connectivity index (χ3n) is 4.32. The van der Waals surface area contributed by atoms with Gasteiger partial charge in [0.05, 0.1) is 17.3 Å². The fraction of sp³-hybridized carbons (Fsp3) is 0.278. The molecule has 1 atom stereocenters. The second kappa shape index (κ2) is 6.72. The van der Waals surface area contributed by atoms with Gasteiger partial charge in [-0.15, -0.1) is 5.10 Å². The first-order valence-corrected chi connectivity index (χ1v) is 8.28. The van der Waals surface area contributed by atoms with Gasteiger partial charge in [-0.05, 0) is 44.0 Å². The van der Waals surface area contributed by atoms with E-state index in [1.807, 2.05) is 0 Å². The summed E-state index contributed by atoms with van der Waals surface area (Å²) < 4.78 is 39.5. The number of nitrogens with one attached hydrogen (secondary N) is 1.